The van der Waals surface area contributed by atoms with Crippen LogP contribution in [0.2, 0.25) is 0 Å². The molecule has 1 aromatic rings. The van der Waals surface area contributed by atoms with Gasteiger partial charge in [-0.2, -0.15) is 16.9 Å². The fourth-order valence-corrected chi connectivity index (χ4v) is 2.72. The van der Waals surface area contributed by atoms with E-state index in [2.05, 4.69) is 25.0 Å². The predicted octanol–water partition coefficient (Wildman–Crippen LogP) is 4.22. The highest BCUT2D eigenvalue weighted by Gasteiger charge is 2.24. The van der Waals surface area contributed by atoms with Crippen LogP contribution in [0.5, 0.6) is 0 Å². The number of amides is 1. The predicted molar refractivity (Wildman–Crippen MR) is 105 cm³/mol. The van der Waals surface area contributed by atoms with E-state index in [1.165, 1.54) is 25.6 Å². The van der Waals surface area contributed by atoms with Crippen molar-refractivity contribution >= 4 is 30.2 Å². The van der Waals surface area contributed by atoms with Crippen molar-refractivity contribution in [2.24, 2.45) is 5.10 Å². The van der Waals surface area contributed by atoms with E-state index in [4.69, 9.17) is 0 Å². The summed E-state index contributed by atoms with van der Waals surface area (Å²) in [5.41, 5.74) is 2.30. The van der Waals surface area contributed by atoms with Gasteiger partial charge in [-0.25, -0.2) is 5.01 Å². The molecule has 24 heavy (non-hydrogen) atoms. The van der Waals surface area contributed by atoms with Crippen molar-refractivity contribution in [3.05, 3.63) is 34.9 Å². The van der Waals surface area contributed by atoms with Gasteiger partial charge in [0, 0.05) is 19.3 Å². The van der Waals surface area contributed by atoms with Crippen LogP contribution in [0.25, 0.3) is 0 Å². The Kier molecular flexibility index (Phi) is 11.9. The molecule has 1 amide bonds. The molecule has 0 N–H and O–H groups in total. The summed E-state index contributed by atoms with van der Waals surface area (Å²) in [5, 5.41) is 4.43. The van der Waals surface area contributed by atoms with Crippen molar-refractivity contribution in [1.82, 2.24) is 5.01 Å². The van der Waals surface area contributed by atoms with Gasteiger partial charge in [0.15, 0.2) is 0 Å². The van der Waals surface area contributed by atoms with E-state index in [0.717, 1.165) is 16.1 Å². The Morgan fingerprint density at radius 1 is 1.17 bits per heavy atom. The van der Waals surface area contributed by atoms with Gasteiger partial charge in [-0.05, 0) is 42.4 Å². The van der Waals surface area contributed by atoms with Crippen LogP contribution in [0.1, 0.15) is 55.1 Å². The van der Waals surface area contributed by atoms with E-state index in [9.17, 15) is 9.59 Å². The van der Waals surface area contributed by atoms with Gasteiger partial charge in [0.25, 0.3) is 5.78 Å². The Bertz CT molecular complexity index is 518. The van der Waals surface area contributed by atoms with Gasteiger partial charge >= 0.3 is 5.91 Å². The highest BCUT2D eigenvalue weighted by atomic mass is 32.2. The molecule has 0 heterocycles. The van der Waals surface area contributed by atoms with Crippen LogP contribution in [0.3, 0.4) is 0 Å². The summed E-state index contributed by atoms with van der Waals surface area (Å²) in [6, 6.07) is 5.66. The molecule has 134 valence electrons. The fraction of sp³-hybridized carbons (Fsp3) is 0.526. The number of carbonyl (C=O) groups is 2. The first kappa shape index (κ1) is 22.4. The van der Waals surface area contributed by atoms with Gasteiger partial charge in [-0.1, -0.05) is 45.4 Å². The Morgan fingerprint density at radius 3 is 2.04 bits per heavy atom. The second-order valence-corrected chi connectivity index (χ2v) is 6.29. The van der Waals surface area contributed by atoms with E-state index in [1.54, 1.807) is 0 Å². The molecular formula is C19H30N2O2S. The number of hydrazone groups is 1. The van der Waals surface area contributed by atoms with E-state index in [1.807, 2.05) is 43.8 Å². The lowest BCUT2D eigenvalue weighted by atomic mass is 9.94. The molecule has 0 aliphatic rings. The summed E-state index contributed by atoms with van der Waals surface area (Å²) >= 11 is 1.93. The number of benzene rings is 1. The molecule has 0 spiro atoms. The summed E-state index contributed by atoms with van der Waals surface area (Å²) in [4.78, 5) is 24.1. The van der Waals surface area contributed by atoms with Gasteiger partial charge in [-0.3, -0.25) is 9.59 Å². The van der Waals surface area contributed by atoms with Gasteiger partial charge in [-0.15, -0.1) is 0 Å². The zero-order chi connectivity index (χ0) is 18.5. The number of rotatable bonds is 8. The van der Waals surface area contributed by atoms with Crippen LogP contribution >= 0.6 is 11.8 Å². The molecule has 0 bridgehead atoms. The Balaban J connectivity index is 0.000000754. The van der Waals surface area contributed by atoms with Crippen LogP contribution in [0, 0.1) is 0 Å². The molecule has 1 aromatic carbocycles. The monoisotopic (exact) mass is 350 g/mol. The highest BCUT2D eigenvalue weighted by Crippen LogP contribution is 2.18. The standard InChI is InChI=1S/C14H18N2O2.C5H12S/c1-5-10-8-7-9-11(6-2)12(10)13(17)14(18)16(4)15-3;1-3-4-5-6-2/h7-9H,3,5-6H2,1-2,4H3;3-5H2,1-2H3. The maximum Gasteiger partial charge on any atom is 0.314 e. The SMILES string of the molecule is C=NN(C)C(=O)C(=O)c1c(CC)cccc1CC.CCCCSC. The van der Waals surface area contributed by atoms with E-state index >= 15 is 0 Å². The molecular weight excluding hydrogens is 320 g/mol. The molecule has 0 fully saturated rings. The number of Topliss-reactive ketones (excluding diaryl/α,β-unsaturated/α-hetero) is 1. The van der Waals surface area contributed by atoms with Gasteiger partial charge < -0.3 is 0 Å². The largest absolute Gasteiger partial charge is 0.314 e. The van der Waals surface area contributed by atoms with Crippen LogP contribution < -0.4 is 0 Å². The minimum absolute atomic E-state index is 0.515. The zero-order valence-electron chi connectivity index (χ0n) is 15.6. The Morgan fingerprint density at radius 2 is 1.71 bits per heavy atom. The van der Waals surface area contributed by atoms with Crippen molar-refractivity contribution in [2.45, 2.75) is 46.5 Å². The van der Waals surface area contributed by atoms with Gasteiger partial charge in [0.05, 0.1) is 0 Å². The van der Waals surface area contributed by atoms with Crippen LogP contribution in [-0.4, -0.2) is 42.5 Å². The van der Waals surface area contributed by atoms with E-state index < -0.39 is 11.7 Å². The van der Waals surface area contributed by atoms with E-state index in [0.29, 0.717) is 18.4 Å². The second-order valence-electron chi connectivity index (χ2n) is 5.30. The normalized spacial score (nSPS) is 9.71. The highest BCUT2D eigenvalue weighted by molar-refractivity contribution is 7.98. The summed E-state index contributed by atoms with van der Waals surface area (Å²) in [5.74, 6) is 0.163. The molecule has 5 heteroatoms. The third kappa shape index (κ3) is 6.87. The molecule has 1 rings (SSSR count). The first-order valence-corrected chi connectivity index (χ1v) is 9.76. The molecule has 0 atom stereocenters. The number of nitrogens with zero attached hydrogens (tertiary/aromatic N) is 2. The molecule has 0 aromatic heterocycles. The number of ketones is 1. The average Bonchev–Trinajstić information content (AvgIpc) is 2.63. The number of aryl methyl sites for hydroxylation is 2. The first-order chi connectivity index (χ1) is 11.5. The Hall–Kier alpha value is -1.62. The zero-order valence-corrected chi connectivity index (χ0v) is 16.4. The van der Waals surface area contributed by atoms with Crippen LogP contribution in [0.4, 0.5) is 0 Å². The molecule has 0 saturated carbocycles. The smallest absolute Gasteiger partial charge is 0.283 e. The summed E-state index contributed by atoms with van der Waals surface area (Å²) in [6.45, 7) is 9.39. The molecule has 0 saturated heterocycles. The second kappa shape index (κ2) is 12.8. The van der Waals surface area contributed by atoms with Crippen molar-refractivity contribution in [3.8, 4) is 0 Å². The maximum atomic E-state index is 12.2. The first-order valence-electron chi connectivity index (χ1n) is 8.36. The van der Waals surface area contributed by atoms with E-state index in [-0.39, 0.29) is 0 Å². The van der Waals surface area contributed by atoms with Crippen molar-refractivity contribution in [1.29, 1.82) is 0 Å². The lowest BCUT2D eigenvalue weighted by Gasteiger charge is -2.14. The Labute approximate surface area is 150 Å². The minimum atomic E-state index is -0.652. The number of hydrogen-bond acceptors (Lipinski definition) is 4. The van der Waals surface area contributed by atoms with Crippen molar-refractivity contribution in [2.75, 3.05) is 19.1 Å². The third-order valence-electron chi connectivity index (χ3n) is 3.63. The summed E-state index contributed by atoms with van der Waals surface area (Å²) in [6.07, 6.45) is 6.29. The topological polar surface area (TPSA) is 49.7 Å². The number of unbranched alkanes of at least 4 members (excludes halogenated alkanes) is 1. The lowest BCUT2D eigenvalue weighted by Crippen LogP contribution is -2.30. The van der Waals surface area contributed by atoms with Crippen LogP contribution in [0.15, 0.2) is 23.3 Å². The van der Waals surface area contributed by atoms with Gasteiger partial charge in [0.2, 0.25) is 0 Å². The van der Waals surface area contributed by atoms with Gasteiger partial charge in [0.1, 0.15) is 0 Å². The summed E-state index contributed by atoms with van der Waals surface area (Å²) in [7, 11) is 1.42. The third-order valence-corrected chi connectivity index (χ3v) is 4.33. The molecule has 0 aliphatic carbocycles. The number of carbonyl (C=O) groups excluding carboxylic acids is 2. The minimum Gasteiger partial charge on any atom is -0.283 e. The van der Waals surface area contributed by atoms with Crippen molar-refractivity contribution in [3.63, 3.8) is 0 Å². The molecule has 0 aliphatic heterocycles. The number of thioether (sulfide) groups is 1. The molecule has 0 unspecified atom stereocenters. The van der Waals surface area contributed by atoms with Crippen LogP contribution in [-0.2, 0) is 17.6 Å². The fourth-order valence-electron chi connectivity index (χ4n) is 2.14. The summed E-state index contributed by atoms with van der Waals surface area (Å²) < 4.78 is 0. The number of likely N-dealkylation sites (N-methyl/N-ethyl adjacent to an activating group) is 1. The maximum absolute atomic E-state index is 12.2. The molecule has 0 radical (unpaired) electrons. The molecule has 4 nitrogen and oxygen atoms in total. The lowest BCUT2D eigenvalue weighted by molar-refractivity contribution is -0.125. The quantitative estimate of drug-likeness (QED) is 0.232. The number of hydrogen-bond donors (Lipinski definition) is 0. The van der Waals surface area contributed by atoms with Crippen molar-refractivity contribution < 1.29 is 9.59 Å². The average molecular weight is 351 g/mol.